The van der Waals surface area contributed by atoms with Gasteiger partial charge in [0, 0.05) is 15.7 Å². The molecule has 1 aromatic carbocycles. The Morgan fingerprint density at radius 1 is 1.35 bits per heavy atom. The van der Waals surface area contributed by atoms with Gasteiger partial charge in [0.25, 0.3) is 0 Å². The largest absolute Gasteiger partial charge is 0.294 e. The summed E-state index contributed by atoms with van der Waals surface area (Å²) >= 11 is 5.79. The lowest BCUT2D eigenvalue weighted by Crippen LogP contribution is -2.11. The minimum atomic E-state index is 0.132. The molecule has 1 heterocycles. The van der Waals surface area contributed by atoms with Crippen molar-refractivity contribution in [2.45, 2.75) is 33.2 Å². The molecule has 5 heteroatoms. The van der Waals surface area contributed by atoms with Gasteiger partial charge in [0.15, 0.2) is 5.78 Å². The first-order chi connectivity index (χ1) is 9.58. The summed E-state index contributed by atoms with van der Waals surface area (Å²) in [7, 11) is 0. The van der Waals surface area contributed by atoms with Crippen molar-refractivity contribution in [1.29, 1.82) is 0 Å². The van der Waals surface area contributed by atoms with Crippen molar-refractivity contribution in [3.05, 3.63) is 49.3 Å². The number of benzene rings is 1. The fourth-order valence-electron chi connectivity index (χ4n) is 2.12. The molecule has 0 saturated heterocycles. The lowest BCUT2D eigenvalue weighted by Gasteiger charge is -2.06. The van der Waals surface area contributed by atoms with Gasteiger partial charge in [0.2, 0.25) is 0 Å². The second-order valence-corrected chi connectivity index (χ2v) is 6.41. The Labute approximate surface area is 141 Å². The molecule has 3 nitrogen and oxygen atoms in total. The Morgan fingerprint density at radius 2 is 2.05 bits per heavy atom. The maximum Gasteiger partial charge on any atom is 0.169 e. The summed E-state index contributed by atoms with van der Waals surface area (Å²) in [5.41, 5.74) is 2.76. The van der Waals surface area contributed by atoms with E-state index in [0.29, 0.717) is 6.42 Å². The predicted molar refractivity (Wildman–Crippen MR) is 92.2 cm³/mol. The first-order valence-corrected chi connectivity index (χ1v) is 8.47. The molecule has 0 amide bonds. The lowest BCUT2D eigenvalue weighted by molar-refractivity contribution is 0.0989. The third kappa shape index (κ3) is 3.14. The topological polar surface area (TPSA) is 34.9 Å². The van der Waals surface area contributed by atoms with Crippen LogP contribution in [0.5, 0.6) is 0 Å². The number of aryl methyl sites for hydroxylation is 2. The molecule has 20 heavy (non-hydrogen) atoms. The third-order valence-electron chi connectivity index (χ3n) is 3.20. The molecule has 0 unspecified atom stereocenters. The normalized spacial score (nSPS) is 10.8. The van der Waals surface area contributed by atoms with E-state index in [2.05, 4.69) is 50.5 Å². The van der Waals surface area contributed by atoms with Crippen LogP contribution < -0.4 is 0 Å². The second kappa shape index (κ2) is 6.85. The molecule has 0 atom stereocenters. The van der Waals surface area contributed by atoms with Gasteiger partial charge in [-0.2, -0.15) is 5.10 Å². The van der Waals surface area contributed by atoms with Crippen LogP contribution in [0.4, 0.5) is 0 Å². The minimum Gasteiger partial charge on any atom is -0.294 e. The average molecular weight is 447 g/mol. The van der Waals surface area contributed by atoms with E-state index in [9.17, 15) is 4.79 Å². The number of hydrogen-bond acceptors (Lipinski definition) is 2. The Hall–Kier alpha value is -0.690. The lowest BCUT2D eigenvalue weighted by atomic mass is 10.1. The summed E-state index contributed by atoms with van der Waals surface area (Å²) in [6.07, 6.45) is 1.24. The van der Waals surface area contributed by atoms with E-state index in [-0.39, 0.29) is 5.78 Å². The van der Waals surface area contributed by atoms with Crippen molar-refractivity contribution in [3.63, 3.8) is 0 Å². The summed E-state index contributed by atoms with van der Waals surface area (Å²) in [5.74, 6) is 0.132. The number of carbonyl (C=O) groups excluding carboxylic acids is 1. The fraction of sp³-hybridized carbons (Fsp3) is 0.333. The van der Waals surface area contributed by atoms with Crippen LogP contribution in [-0.4, -0.2) is 15.6 Å². The molecule has 2 rings (SSSR count). The summed E-state index contributed by atoms with van der Waals surface area (Å²) in [6, 6.07) is 7.68. The zero-order valence-corrected chi connectivity index (χ0v) is 15.2. The number of Topliss-reactive ketones (excluding diaryl/α,β-unsaturated/α-hetero) is 1. The van der Waals surface area contributed by atoms with Gasteiger partial charge in [-0.1, -0.05) is 25.1 Å². The number of ketones is 1. The Bertz CT molecular complexity index is 637. The molecule has 0 radical (unpaired) electrons. The number of aromatic nitrogens is 2. The van der Waals surface area contributed by atoms with E-state index in [0.717, 1.165) is 38.0 Å². The predicted octanol–water partition coefficient (Wildman–Crippen LogP) is 4.26. The Kier molecular flexibility index (Phi) is 5.37. The average Bonchev–Trinajstić information content (AvgIpc) is 2.75. The van der Waals surface area contributed by atoms with Crippen molar-refractivity contribution in [3.8, 4) is 0 Å². The molecule has 0 fully saturated rings. The number of rotatable bonds is 5. The number of hydrogen-bond donors (Lipinski definition) is 0. The van der Waals surface area contributed by atoms with Gasteiger partial charge in [-0.3, -0.25) is 9.48 Å². The molecule has 0 bridgehead atoms. The van der Waals surface area contributed by atoms with Crippen molar-refractivity contribution in [1.82, 2.24) is 9.78 Å². The zero-order chi connectivity index (χ0) is 14.7. The Balaban J connectivity index is 2.33. The first kappa shape index (κ1) is 15.7. The quantitative estimate of drug-likeness (QED) is 0.508. The van der Waals surface area contributed by atoms with Gasteiger partial charge < -0.3 is 0 Å². The van der Waals surface area contributed by atoms with Gasteiger partial charge in [-0.05, 0) is 57.9 Å². The van der Waals surface area contributed by atoms with Crippen molar-refractivity contribution < 1.29 is 4.79 Å². The number of carbonyl (C=O) groups is 1. The summed E-state index contributed by atoms with van der Waals surface area (Å²) < 4.78 is 3.88. The van der Waals surface area contributed by atoms with Crippen LogP contribution in [0.25, 0.3) is 0 Å². The van der Waals surface area contributed by atoms with Gasteiger partial charge in [-0.25, -0.2) is 0 Å². The van der Waals surface area contributed by atoms with E-state index in [4.69, 9.17) is 0 Å². The maximum absolute atomic E-state index is 12.5. The first-order valence-electron chi connectivity index (χ1n) is 6.60. The van der Waals surface area contributed by atoms with E-state index in [1.54, 1.807) is 0 Å². The standard InChI is InChI=1S/C15H16BrIN2O/c1-3-12-15(16)13(19(4-2)18-12)9-14(20)10-7-5-6-8-11(10)17/h5-8H,3-4,9H2,1-2H3. The highest BCUT2D eigenvalue weighted by atomic mass is 127. The number of halogens is 2. The molecular formula is C15H16BrIN2O. The molecule has 1 aromatic heterocycles. The van der Waals surface area contributed by atoms with Gasteiger partial charge in [-0.15, -0.1) is 0 Å². The second-order valence-electron chi connectivity index (χ2n) is 4.46. The molecule has 0 aliphatic carbocycles. The molecule has 0 aliphatic rings. The number of nitrogens with zero attached hydrogens (tertiary/aromatic N) is 2. The van der Waals surface area contributed by atoms with E-state index in [1.165, 1.54) is 0 Å². The highest BCUT2D eigenvalue weighted by molar-refractivity contribution is 14.1. The molecule has 0 saturated carbocycles. The molecular weight excluding hydrogens is 431 g/mol. The van der Waals surface area contributed by atoms with Crippen LogP contribution in [0.1, 0.15) is 35.6 Å². The van der Waals surface area contributed by atoms with Gasteiger partial charge in [0.05, 0.1) is 22.3 Å². The summed E-state index contributed by atoms with van der Waals surface area (Å²) in [6.45, 7) is 4.88. The highest BCUT2D eigenvalue weighted by Gasteiger charge is 2.18. The van der Waals surface area contributed by atoms with Crippen molar-refractivity contribution >= 4 is 44.3 Å². The monoisotopic (exact) mass is 446 g/mol. The molecule has 0 spiro atoms. The molecule has 0 N–H and O–H groups in total. The molecule has 0 aliphatic heterocycles. The van der Waals surface area contributed by atoms with E-state index < -0.39 is 0 Å². The molecule has 106 valence electrons. The van der Waals surface area contributed by atoms with Crippen molar-refractivity contribution in [2.75, 3.05) is 0 Å². The van der Waals surface area contributed by atoms with Crippen molar-refractivity contribution in [2.24, 2.45) is 0 Å². The fourth-order valence-corrected chi connectivity index (χ4v) is 3.51. The van der Waals surface area contributed by atoms with Crippen LogP contribution in [0.3, 0.4) is 0 Å². The summed E-state index contributed by atoms with van der Waals surface area (Å²) in [4.78, 5) is 12.5. The smallest absolute Gasteiger partial charge is 0.169 e. The highest BCUT2D eigenvalue weighted by Crippen LogP contribution is 2.24. The third-order valence-corrected chi connectivity index (χ3v) is 5.05. The van der Waals surface area contributed by atoms with E-state index >= 15 is 0 Å². The zero-order valence-electron chi connectivity index (χ0n) is 11.5. The maximum atomic E-state index is 12.5. The van der Waals surface area contributed by atoms with Crippen LogP contribution in [0.2, 0.25) is 0 Å². The van der Waals surface area contributed by atoms with Crippen LogP contribution >= 0.6 is 38.5 Å². The van der Waals surface area contributed by atoms with Crippen LogP contribution in [0, 0.1) is 3.57 Å². The van der Waals surface area contributed by atoms with Crippen LogP contribution in [-0.2, 0) is 19.4 Å². The van der Waals surface area contributed by atoms with Gasteiger partial charge in [0.1, 0.15) is 0 Å². The Morgan fingerprint density at radius 3 is 2.65 bits per heavy atom. The van der Waals surface area contributed by atoms with Crippen LogP contribution in [0.15, 0.2) is 28.7 Å². The SMILES string of the molecule is CCc1nn(CC)c(CC(=O)c2ccccc2I)c1Br. The van der Waals surface area contributed by atoms with Gasteiger partial charge >= 0.3 is 0 Å². The molecule has 2 aromatic rings. The van der Waals surface area contributed by atoms with E-state index in [1.807, 2.05) is 35.9 Å². The minimum absolute atomic E-state index is 0.132. The summed E-state index contributed by atoms with van der Waals surface area (Å²) in [5, 5.41) is 4.53.